The van der Waals surface area contributed by atoms with Crippen molar-refractivity contribution in [2.24, 2.45) is 0 Å². The highest BCUT2D eigenvalue weighted by Gasteiger charge is 2.28. The van der Waals surface area contributed by atoms with Gasteiger partial charge in [0.25, 0.3) is 0 Å². The van der Waals surface area contributed by atoms with E-state index in [0.717, 1.165) is 176 Å². The Balaban J connectivity index is 0.0000000934. The number of nitrogens with zero attached hydrogens (tertiary/aromatic N) is 8. The molecule has 11 heterocycles. The van der Waals surface area contributed by atoms with E-state index in [-0.39, 0.29) is 17.4 Å². The van der Waals surface area contributed by atoms with Gasteiger partial charge in [-0.2, -0.15) is 10.2 Å². The predicted molar refractivity (Wildman–Crippen MR) is 485 cm³/mol. The van der Waals surface area contributed by atoms with Gasteiger partial charge in [-0.25, -0.2) is 23.7 Å². The van der Waals surface area contributed by atoms with Crippen LogP contribution >= 0.6 is 11.6 Å². The number of aromatic hydroxyl groups is 2. The maximum atomic E-state index is 13.7. The lowest BCUT2D eigenvalue weighted by Gasteiger charge is -2.23. The molecule has 0 spiro atoms. The van der Waals surface area contributed by atoms with Crippen LogP contribution in [-0.4, -0.2) is 75.5 Å². The molecule has 0 atom stereocenters. The number of benzene rings is 9. The van der Waals surface area contributed by atoms with Crippen LogP contribution in [0.4, 0.5) is 8.78 Å². The molecule has 0 bridgehead atoms. The molecule has 9 aromatic carbocycles. The molecule has 7 N–H and O–H groups in total. The molecule has 121 heavy (non-hydrogen) atoms. The second-order valence-electron chi connectivity index (χ2n) is 32.9. The minimum absolute atomic E-state index is 0.175. The van der Waals surface area contributed by atoms with Crippen molar-refractivity contribution in [3.63, 3.8) is 0 Å². The molecule has 0 saturated carbocycles. The van der Waals surface area contributed by atoms with Crippen molar-refractivity contribution in [3.8, 4) is 67.9 Å². The number of aromatic nitrogens is 13. The zero-order valence-electron chi connectivity index (χ0n) is 67.0. The van der Waals surface area contributed by atoms with Gasteiger partial charge in [-0.05, 0) is 348 Å². The third-order valence-corrected chi connectivity index (χ3v) is 25.7. The Bertz CT molecular complexity index is 7100. The maximum absolute atomic E-state index is 13.7. The molecule has 0 amide bonds. The molecule has 0 unspecified atom stereocenters. The molecule has 0 radical (unpaired) electrons. The summed E-state index contributed by atoms with van der Waals surface area (Å²) in [7, 11) is 0. The van der Waals surface area contributed by atoms with Crippen molar-refractivity contribution in [1.82, 2.24) is 65.3 Å². The molecule has 11 aromatic heterocycles. The van der Waals surface area contributed by atoms with Gasteiger partial charge in [0.15, 0.2) is 0 Å². The summed E-state index contributed by atoms with van der Waals surface area (Å²) in [5.74, 6) is 0.0573. The van der Waals surface area contributed by atoms with Gasteiger partial charge < -0.3 is 25.2 Å². The van der Waals surface area contributed by atoms with Crippen molar-refractivity contribution in [2.75, 3.05) is 0 Å². The molecule has 5 aliphatic rings. The molecule has 18 heteroatoms. The van der Waals surface area contributed by atoms with Crippen LogP contribution in [0, 0.1) is 18.6 Å². The van der Waals surface area contributed by atoms with Gasteiger partial charge in [0.05, 0.1) is 80.0 Å². The Morgan fingerprint density at radius 3 is 1.24 bits per heavy atom. The lowest BCUT2D eigenvalue weighted by Crippen LogP contribution is -2.08. The van der Waals surface area contributed by atoms with Crippen LogP contribution in [-0.2, 0) is 64.2 Å². The molecular weight excluding hydrogens is 1520 g/mol. The highest BCUT2D eigenvalue weighted by molar-refractivity contribution is 6.30. The van der Waals surface area contributed by atoms with Crippen molar-refractivity contribution in [3.05, 3.63) is 297 Å². The number of aromatic amines is 5. The first-order valence-corrected chi connectivity index (χ1v) is 42.9. The minimum Gasteiger partial charge on any atom is -0.508 e. The van der Waals surface area contributed by atoms with Crippen LogP contribution in [0.3, 0.4) is 0 Å². The summed E-state index contributed by atoms with van der Waals surface area (Å²) < 4.78 is 27.5. The molecule has 0 fully saturated rings. The smallest absolute Gasteiger partial charge is 0.133 e. The number of H-pyrrole nitrogens is 5. The summed E-state index contributed by atoms with van der Waals surface area (Å²) in [5.41, 5.74) is 35.9. The first-order valence-electron chi connectivity index (χ1n) is 42.5. The summed E-state index contributed by atoms with van der Waals surface area (Å²) >= 11 is 6.07. The fraction of sp³-hybridized carbons (Fsp3) is 0.204. The fourth-order valence-electron chi connectivity index (χ4n) is 20.0. The SMILES string of the molecule is Cc1cc2c(ccc3nc(-c4ccc(O)cc4)c4c(c32)CCCC4)[nH]1.Clc1ccc(-c2[nH]c3ccc4nccc4c3c3c2CCCC3)cc1.Fc1cccc(-c2[nH]c3ccc4nccc4c3c3c2CCCC3)c1.Fc1cccc(-c2nc3ccc4[nH]ncc4c3c3c2CCCC3)c1.Oc1ccc(-c2nc3ccc4[nH]ncc4c3c3c2CCCC3)nc1. The van der Waals surface area contributed by atoms with Gasteiger partial charge in [-0.15, -0.1) is 0 Å². The van der Waals surface area contributed by atoms with E-state index in [1.165, 1.54) is 203 Å². The molecule has 25 rings (SSSR count). The highest BCUT2D eigenvalue weighted by atomic mass is 35.5. The van der Waals surface area contributed by atoms with Crippen molar-refractivity contribution < 1.29 is 19.0 Å². The van der Waals surface area contributed by atoms with Crippen molar-refractivity contribution in [1.29, 1.82) is 0 Å². The zero-order valence-corrected chi connectivity index (χ0v) is 67.8. The number of aryl methyl sites for hydroxylation is 6. The summed E-state index contributed by atoms with van der Waals surface area (Å²) in [4.78, 5) is 39.0. The quantitative estimate of drug-likeness (QED) is 0.0863. The fourth-order valence-corrected chi connectivity index (χ4v) is 20.2. The van der Waals surface area contributed by atoms with Gasteiger partial charge in [-0.3, -0.25) is 25.1 Å². The number of phenolic OH excluding ortho intramolecular Hbond substituents is 1. The van der Waals surface area contributed by atoms with E-state index in [4.69, 9.17) is 26.6 Å². The Morgan fingerprint density at radius 1 is 0.314 bits per heavy atom. The van der Waals surface area contributed by atoms with E-state index in [9.17, 15) is 19.0 Å². The lowest BCUT2D eigenvalue weighted by molar-refractivity contribution is 0.472. The zero-order chi connectivity index (χ0) is 81.3. The number of nitrogens with one attached hydrogen (secondary N) is 5. The van der Waals surface area contributed by atoms with Gasteiger partial charge in [-0.1, -0.05) is 48.0 Å². The third-order valence-electron chi connectivity index (χ3n) is 25.5. The molecule has 15 nitrogen and oxygen atoms in total. The Labute approximate surface area is 700 Å². The number of pyridine rings is 6. The largest absolute Gasteiger partial charge is 0.508 e. The molecule has 5 aliphatic carbocycles. The molecule has 0 saturated heterocycles. The van der Waals surface area contributed by atoms with Gasteiger partial charge in [0.1, 0.15) is 23.1 Å². The average Bonchev–Trinajstić information content (AvgIpc) is 1.70. The summed E-state index contributed by atoms with van der Waals surface area (Å²) in [6.07, 6.45) is 31.8. The second-order valence-corrected chi connectivity index (χ2v) is 33.3. The van der Waals surface area contributed by atoms with Crippen LogP contribution < -0.4 is 0 Å². The van der Waals surface area contributed by atoms with E-state index in [1.54, 1.807) is 42.5 Å². The van der Waals surface area contributed by atoms with Gasteiger partial charge >= 0.3 is 0 Å². The number of halogens is 3. The lowest BCUT2D eigenvalue weighted by atomic mass is 9.85. The Kier molecular flexibility index (Phi) is 19.6. The molecular formula is C103H86ClF2N13O2. The van der Waals surface area contributed by atoms with E-state index in [2.05, 4.69) is 130 Å². The van der Waals surface area contributed by atoms with Crippen molar-refractivity contribution in [2.45, 2.75) is 135 Å². The number of fused-ring (bicyclic) bond motifs is 25. The van der Waals surface area contributed by atoms with Crippen molar-refractivity contribution >= 4 is 121 Å². The van der Waals surface area contributed by atoms with Crippen LogP contribution in [0.2, 0.25) is 5.02 Å². The third kappa shape index (κ3) is 14.0. The Morgan fingerprint density at radius 2 is 0.727 bits per heavy atom. The van der Waals surface area contributed by atoms with Crippen LogP contribution in [0.1, 0.15) is 126 Å². The first kappa shape index (κ1) is 75.0. The summed E-state index contributed by atoms with van der Waals surface area (Å²) in [5, 5.41) is 46.8. The van der Waals surface area contributed by atoms with Crippen LogP contribution in [0.25, 0.3) is 165 Å². The monoisotopic (exact) mass is 1610 g/mol. The topological polar surface area (TPSA) is 223 Å². The maximum Gasteiger partial charge on any atom is 0.133 e. The standard InChI is InChI=1S/C22H20N2O.C21H17ClN2.C21H17FN2.C20H16FN3.C19H16N4O/c1-13-12-18-19(23-13)10-11-20-21(18)16-4-2-3-5-17(16)22(24-20)14-6-8-15(25)9-7-14;22-14-7-5-13(6-8-14)21-16-4-2-1-3-15(16)20-17-11-12-23-18(17)9-10-19(20)24-21;22-14-5-3-4-13(12-14)21-16-7-2-1-6-15(16)20-17-10-11-23-18(17)8-9-19(20)24-21;21-13-5-3-4-12(10-13)20-15-7-2-1-6-14(15)19-16-11-22-24-17(16)8-9-18(19)23-20;24-11-5-6-17(20-9-11)19-13-4-2-1-3-12(13)18-14-10-21-23-15(14)7-8-16(18)22-19/h6-12,23,25H,2-5H2,1H3;5-12,24H,1-4H2;3-5,8-12,24H,1-2,6-7H2;3-5,8-11H,1-2,6-7H2,(H,22,24);5-10,24H,1-4H2,(H,21,23). The molecule has 0 aliphatic heterocycles. The Hall–Kier alpha value is -13.5. The number of hydrogen-bond donors (Lipinski definition) is 7. The summed E-state index contributed by atoms with van der Waals surface area (Å²) in [6.45, 7) is 2.11. The van der Waals surface area contributed by atoms with Crippen LogP contribution in [0.15, 0.2) is 219 Å². The van der Waals surface area contributed by atoms with E-state index in [1.807, 2.05) is 85.5 Å². The normalized spacial score (nSPS) is 14.2. The first-order chi connectivity index (χ1) is 59.4. The number of rotatable bonds is 5. The highest BCUT2D eigenvalue weighted by Crippen LogP contribution is 2.45. The van der Waals surface area contributed by atoms with Gasteiger partial charge in [0, 0.05) is 122 Å². The molecule has 596 valence electrons. The minimum atomic E-state index is -0.218. The average molecular weight is 1610 g/mol. The predicted octanol–water partition coefficient (Wildman–Crippen LogP) is 25.1. The molecule has 20 aromatic rings. The van der Waals surface area contributed by atoms with E-state index < -0.39 is 0 Å². The van der Waals surface area contributed by atoms with Gasteiger partial charge in [0.2, 0.25) is 0 Å². The van der Waals surface area contributed by atoms with Crippen LogP contribution in [0.5, 0.6) is 11.5 Å². The number of phenols is 1. The van der Waals surface area contributed by atoms with E-state index >= 15 is 0 Å². The number of hydrogen-bond acceptors (Lipinski definition) is 10. The van der Waals surface area contributed by atoms with E-state index in [0.29, 0.717) is 5.75 Å². The second kappa shape index (κ2) is 31.7. The summed E-state index contributed by atoms with van der Waals surface area (Å²) in [6, 6.07) is 60.0.